The Bertz CT molecular complexity index is 973. The summed E-state index contributed by atoms with van der Waals surface area (Å²) >= 11 is 0. The van der Waals surface area contributed by atoms with Crippen LogP contribution >= 0.6 is 0 Å². The van der Waals surface area contributed by atoms with Gasteiger partial charge in [0.15, 0.2) is 0 Å². The van der Waals surface area contributed by atoms with E-state index in [-0.39, 0.29) is 12.1 Å². The summed E-state index contributed by atoms with van der Waals surface area (Å²) in [6.07, 6.45) is -2.79. The quantitative estimate of drug-likeness (QED) is 0.703. The lowest BCUT2D eigenvalue weighted by atomic mass is 10.2. The van der Waals surface area contributed by atoms with E-state index in [9.17, 15) is 22.8 Å². The van der Waals surface area contributed by atoms with Gasteiger partial charge in [-0.25, -0.2) is 9.69 Å². The highest BCUT2D eigenvalue weighted by Crippen LogP contribution is 2.31. The average Bonchev–Trinajstić information content (AvgIpc) is 2.62. The third-order valence-corrected chi connectivity index (χ3v) is 3.63. The maximum atomic E-state index is 12.8. The first kappa shape index (κ1) is 17.4. The molecule has 132 valence electrons. The van der Waals surface area contributed by atoms with Crippen LogP contribution in [-0.4, -0.2) is 17.4 Å². The number of nitrogens with one attached hydrogen (secondary N) is 1. The van der Waals surface area contributed by atoms with Crippen LogP contribution in [0.1, 0.15) is 5.56 Å². The predicted molar refractivity (Wildman–Crippen MR) is 90.7 cm³/mol. The van der Waals surface area contributed by atoms with Crippen molar-refractivity contribution in [2.75, 3.05) is 10.2 Å². The Morgan fingerprint density at radius 2 is 1.88 bits per heavy atom. The molecule has 0 aliphatic carbocycles. The minimum atomic E-state index is -4.58. The van der Waals surface area contributed by atoms with Crippen molar-refractivity contribution >= 4 is 34.7 Å². The summed E-state index contributed by atoms with van der Waals surface area (Å²) in [6, 6.07) is 11.5. The highest BCUT2D eigenvalue weighted by Gasteiger charge is 2.31. The van der Waals surface area contributed by atoms with Crippen LogP contribution in [0.25, 0.3) is 10.9 Å². The molecule has 0 saturated carbocycles. The van der Waals surface area contributed by atoms with Gasteiger partial charge in [-0.05, 0) is 42.5 Å². The fourth-order valence-electron chi connectivity index (χ4n) is 2.40. The number of benzene rings is 2. The summed E-state index contributed by atoms with van der Waals surface area (Å²) in [7, 11) is 0. The Labute approximate surface area is 146 Å². The van der Waals surface area contributed by atoms with E-state index in [4.69, 9.17) is 0 Å². The zero-order valence-electron chi connectivity index (χ0n) is 13.2. The number of halogens is 3. The number of carbonyl (C=O) groups excluding carboxylic acids is 2. The molecule has 0 spiro atoms. The summed E-state index contributed by atoms with van der Waals surface area (Å²) in [6.45, 7) is 0. The Hall–Kier alpha value is -3.42. The van der Waals surface area contributed by atoms with Crippen LogP contribution in [0.3, 0.4) is 0 Å². The third-order valence-electron chi connectivity index (χ3n) is 3.63. The van der Waals surface area contributed by atoms with E-state index in [1.807, 2.05) is 0 Å². The molecule has 0 unspecified atom stereocenters. The van der Waals surface area contributed by atoms with E-state index in [1.165, 1.54) is 6.07 Å². The molecular weight excluding hydrogens is 347 g/mol. The molecule has 0 fully saturated rings. The minimum absolute atomic E-state index is 0.160. The van der Waals surface area contributed by atoms with Crippen LogP contribution in [0.4, 0.5) is 29.3 Å². The fraction of sp³-hybridized carbons (Fsp3) is 0.0556. The van der Waals surface area contributed by atoms with Gasteiger partial charge in [-0.1, -0.05) is 12.1 Å². The minimum Gasteiger partial charge on any atom is -0.307 e. The van der Waals surface area contributed by atoms with Gasteiger partial charge in [0.25, 0.3) is 0 Å². The van der Waals surface area contributed by atoms with Crippen LogP contribution in [0, 0.1) is 0 Å². The molecule has 5 nitrogen and oxygen atoms in total. The maximum Gasteiger partial charge on any atom is 0.416 e. The number of nitrogens with zero attached hydrogens (tertiary/aromatic N) is 2. The number of hydrogen-bond acceptors (Lipinski definition) is 3. The molecule has 0 aliphatic rings. The Balaban J connectivity index is 1.85. The van der Waals surface area contributed by atoms with E-state index in [0.717, 1.165) is 29.1 Å². The monoisotopic (exact) mass is 359 g/mol. The van der Waals surface area contributed by atoms with Crippen molar-refractivity contribution in [2.24, 2.45) is 0 Å². The molecule has 3 amide bonds. The van der Waals surface area contributed by atoms with Gasteiger partial charge in [-0.3, -0.25) is 9.78 Å². The molecule has 0 bridgehead atoms. The van der Waals surface area contributed by atoms with Crippen molar-refractivity contribution in [3.8, 4) is 0 Å². The van der Waals surface area contributed by atoms with E-state index in [1.54, 1.807) is 36.5 Å². The molecule has 8 heteroatoms. The summed E-state index contributed by atoms with van der Waals surface area (Å²) in [5.74, 6) is 0. The average molecular weight is 359 g/mol. The lowest BCUT2D eigenvalue weighted by Crippen LogP contribution is -2.33. The molecule has 0 saturated heterocycles. The number of amides is 3. The fourth-order valence-corrected chi connectivity index (χ4v) is 2.40. The van der Waals surface area contributed by atoms with Crippen molar-refractivity contribution in [1.29, 1.82) is 0 Å². The molecule has 1 heterocycles. The first-order valence-corrected chi connectivity index (χ1v) is 7.46. The maximum absolute atomic E-state index is 12.8. The van der Waals surface area contributed by atoms with Gasteiger partial charge in [-0.15, -0.1) is 0 Å². The van der Waals surface area contributed by atoms with Crippen LogP contribution < -0.4 is 10.2 Å². The van der Waals surface area contributed by atoms with Gasteiger partial charge in [0.2, 0.25) is 6.41 Å². The van der Waals surface area contributed by atoms with Crippen molar-refractivity contribution in [3.05, 3.63) is 66.4 Å². The Morgan fingerprint density at radius 1 is 1.08 bits per heavy atom. The van der Waals surface area contributed by atoms with Crippen LogP contribution in [-0.2, 0) is 11.0 Å². The first-order valence-electron chi connectivity index (χ1n) is 7.46. The Kier molecular flexibility index (Phi) is 4.57. The molecule has 3 aromatic rings. The lowest BCUT2D eigenvalue weighted by molar-refractivity contribution is -0.137. The van der Waals surface area contributed by atoms with Crippen LogP contribution in [0.15, 0.2) is 60.8 Å². The SMILES string of the molecule is O=CN(C(=O)Nc1ccc2ncccc2c1)c1cccc(C(F)(F)F)c1. The number of anilines is 2. The number of carbonyl (C=O) groups is 2. The smallest absolute Gasteiger partial charge is 0.307 e. The molecule has 26 heavy (non-hydrogen) atoms. The molecule has 0 radical (unpaired) electrons. The molecule has 1 N–H and O–H groups in total. The van der Waals surface area contributed by atoms with Gasteiger partial charge in [0.05, 0.1) is 16.8 Å². The topological polar surface area (TPSA) is 62.3 Å². The zero-order valence-corrected chi connectivity index (χ0v) is 13.2. The number of imide groups is 1. The number of urea groups is 1. The van der Waals surface area contributed by atoms with E-state index >= 15 is 0 Å². The van der Waals surface area contributed by atoms with E-state index in [2.05, 4.69) is 10.3 Å². The zero-order chi connectivity index (χ0) is 18.7. The van der Waals surface area contributed by atoms with E-state index < -0.39 is 17.8 Å². The summed E-state index contributed by atoms with van der Waals surface area (Å²) in [4.78, 5) is 28.3. The Morgan fingerprint density at radius 3 is 2.62 bits per heavy atom. The summed E-state index contributed by atoms with van der Waals surface area (Å²) < 4.78 is 38.5. The molecule has 0 atom stereocenters. The summed E-state index contributed by atoms with van der Waals surface area (Å²) in [5, 5.41) is 3.25. The van der Waals surface area contributed by atoms with E-state index in [0.29, 0.717) is 10.6 Å². The van der Waals surface area contributed by atoms with Crippen LogP contribution in [0.2, 0.25) is 0 Å². The second-order valence-corrected chi connectivity index (χ2v) is 5.36. The van der Waals surface area contributed by atoms with Gasteiger partial charge >= 0.3 is 12.2 Å². The molecule has 0 aliphatic heterocycles. The number of aromatic nitrogens is 1. The second kappa shape index (κ2) is 6.83. The largest absolute Gasteiger partial charge is 0.416 e. The van der Waals surface area contributed by atoms with Crippen molar-refractivity contribution in [3.63, 3.8) is 0 Å². The summed E-state index contributed by atoms with van der Waals surface area (Å²) in [5.41, 5.74) is -0.0360. The number of hydrogen-bond donors (Lipinski definition) is 1. The molecular formula is C18H12F3N3O2. The van der Waals surface area contributed by atoms with Crippen molar-refractivity contribution in [2.45, 2.75) is 6.18 Å². The number of fused-ring (bicyclic) bond motifs is 1. The molecule has 3 rings (SSSR count). The molecule has 2 aromatic carbocycles. The lowest BCUT2D eigenvalue weighted by Gasteiger charge is -2.18. The normalized spacial score (nSPS) is 11.2. The van der Waals surface area contributed by atoms with Crippen molar-refractivity contribution < 1.29 is 22.8 Å². The first-order chi connectivity index (χ1) is 12.4. The standard InChI is InChI=1S/C18H12F3N3O2/c19-18(20,21)13-4-1-5-15(10-13)24(11-25)17(26)23-14-6-7-16-12(9-14)3-2-8-22-16/h1-11H,(H,23,26). The predicted octanol–water partition coefficient (Wildman–Crippen LogP) is 4.45. The number of pyridine rings is 1. The third kappa shape index (κ3) is 3.64. The van der Waals surface area contributed by atoms with Gasteiger partial charge in [-0.2, -0.15) is 13.2 Å². The van der Waals surface area contributed by atoms with Gasteiger partial charge in [0, 0.05) is 17.3 Å². The second-order valence-electron chi connectivity index (χ2n) is 5.36. The van der Waals surface area contributed by atoms with Gasteiger partial charge in [0.1, 0.15) is 0 Å². The van der Waals surface area contributed by atoms with Crippen molar-refractivity contribution in [1.82, 2.24) is 4.98 Å². The van der Waals surface area contributed by atoms with Crippen LogP contribution in [0.5, 0.6) is 0 Å². The number of alkyl halides is 3. The van der Waals surface area contributed by atoms with Gasteiger partial charge < -0.3 is 5.32 Å². The highest BCUT2D eigenvalue weighted by molar-refractivity contribution is 6.12. The number of rotatable bonds is 3. The highest BCUT2D eigenvalue weighted by atomic mass is 19.4. The molecule has 1 aromatic heterocycles.